The zero-order valence-corrected chi connectivity index (χ0v) is 8.79. The SMILES string of the molecule is Cl.Cl.NCc1cnc2[nH]cc(F)c2c1. The van der Waals surface area contributed by atoms with Crippen LogP contribution in [0.25, 0.3) is 11.0 Å². The Morgan fingerprint density at radius 2 is 2.14 bits per heavy atom. The zero-order valence-electron chi connectivity index (χ0n) is 7.16. The molecule has 3 N–H and O–H groups in total. The van der Waals surface area contributed by atoms with Crippen molar-refractivity contribution in [2.24, 2.45) is 5.73 Å². The third-order valence-electron chi connectivity index (χ3n) is 1.77. The van der Waals surface area contributed by atoms with E-state index >= 15 is 0 Å². The van der Waals surface area contributed by atoms with Crippen LogP contribution in [0.2, 0.25) is 0 Å². The number of nitrogens with one attached hydrogen (secondary N) is 1. The summed E-state index contributed by atoms with van der Waals surface area (Å²) in [6.45, 7) is 0.382. The smallest absolute Gasteiger partial charge is 0.150 e. The molecule has 0 aliphatic carbocycles. The van der Waals surface area contributed by atoms with Gasteiger partial charge >= 0.3 is 0 Å². The van der Waals surface area contributed by atoms with Crippen LogP contribution in [-0.2, 0) is 6.54 Å². The Morgan fingerprint density at radius 1 is 1.43 bits per heavy atom. The fourth-order valence-electron chi connectivity index (χ4n) is 1.13. The van der Waals surface area contributed by atoms with Gasteiger partial charge in [-0.25, -0.2) is 9.37 Å². The number of nitrogens with two attached hydrogens (primary N) is 1. The number of hydrogen-bond donors (Lipinski definition) is 2. The Kier molecular flexibility index (Phi) is 4.83. The molecule has 2 heterocycles. The number of H-pyrrole nitrogens is 1. The fourth-order valence-corrected chi connectivity index (χ4v) is 1.13. The lowest BCUT2D eigenvalue weighted by molar-refractivity contribution is 0.639. The van der Waals surface area contributed by atoms with Crippen LogP contribution < -0.4 is 5.73 Å². The highest BCUT2D eigenvalue weighted by Crippen LogP contribution is 2.15. The first-order chi connectivity index (χ1) is 5.81. The molecule has 0 bridgehead atoms. The summed E-state index contributed by atoms with van der Waals surface area (Å²) in [5.74, 6) is -0.284. The number of aromatic nitrogens is 2. The van der Waals surface area contributed by atoms with Crippen LogP contribution in [-0.4, -0.2) is 9.97 Å². The van der Waals surface area contributed by atoms with E-state index in [0.29, 0.717) is 17.6 Å². The van der Waals surface area contributed by atoms with Gasteiger partial charge in [-0.1, -0.05) is 0 Å². The van der Waals surface area contributed by atoms with Gasteiger partial charge in [-0.3, -0.25) is 0 Å². The van der Waals surface area contributed by atoms with Crippen LogP contribution in [0.4, 0.5) is 4.39 Å². The summed E-state index contributed by atoms with van der Waals surface area (Å²) in [6, 6.07) is 1.70. The molecule has 0 aliphatic rings. The van der Waals surface area contributed by atoms with Crippen molar-refractivity contribution < 1.29 is 4.39 Å². The molecule has 0 saturated heterocycles. The standard InChI is InChI=1S/C8H8FN3.2ClH/c9-7-4-12-8-6(7)1-5(2-10)3-11-8;;/h1,3-4H,2,10H2,(H,11,12);2*1H. The summed E-state index contributed by atoms with van der Waals surface area (Å²) in [5, 5.41) is 0.498. The topological polar surface area (TPSA) is 54.7 Å². The van der Waals surface area contributed by atoms with Crippen molar-refractivity contribution in [2.45, 2.75) is 6.54 Å². The molecule has 0 atom stereocenters. The number of aromatic amines is 1. The Hall–Kier alpha value is -0.840. The van der Waals surface area contributed by atoms with E-state index < -0.39 is 0 Å². The van der Waals surface area contributed by atoms with Crippen molar-refractivity contribution in [2.75, 3.05) is 0 Å². The average Bonchev–Trinajstić information content (AvgIpc) is 2.47. The molecule has 0 saturated carbocycles. The van der Waals surface area contributed by atoms with E-state index in [1.807, 2.05) is 0 Å². The normalized spacial score (nSPS) is 9.29. The van der Waals surface area contributed by atoms with Crippen molar-refractivity contribution >= 4 is 35.8 Å². The molecule has 78 valence electrons. The van der Waals surface area contributed by atoms with Crippen LogP contribution in [0.1, 0.15) is 5.56 Å². The van der Waals surface area contributed by atoms with E-state index in [0.717, 1.165) is 5.56 Å². The number of hydrogen-bond acceptors (Lipinski definition) is 2. The maximum absolute atomic E-state index is 13.0. The van der Waals surface area contributed by atoms with Crippen LogP contribution in [0.3, 0.4) is 0 Å². The Morgan fingerprint density at radius 3 is 2.79 bits per heavy atom. The second-order valence-corrected chi connectivity index (χ2v) is 2.58. The number of pyridine rings is 1. The lowest BCUT2D eigenvalue weighted by atomic mass is 10.2. The summed E-state index contributed by atoms with van der Waals surface area (Å²) in [6.07, 6.45) is 2.93. The molecule has 0 radical (unpaired) electrons. The van der Waals surface area contributed by atoms with E-state index in [9.17, 15) is 4.39 Å². The van der Waals surface area contributed by atoms with Crippen molar-refractivity contribution in [1.29, 1.82) is 0 Å². The minimum Gasteiger partial charge on any atom is -0.343 e. The summed E-state index contributed by atoms with van der Waals surface area (Å²) >= 11 is 0. The first-order valence-electron chi connectivity index (χ1n) is 3.63. The molecule has 6 heteroatoms. The number of nitrogens with zero attached hydrogens (tertiary/aromatic N) is 1. The Labute approximate surface area is 92.7 Å². The van der Waals surface area contributed by atoms with E-state index in [4.69, 9.17) is 5.73 Å². The summed E-state index contributed by atoms with van der Waals surface area (Å²) < 4.78 is 13.0. The lowest BCUT2D eigenvalue weighted by Gasteiger charge is -1.94. The predicted octanol–water partition coefficient (Wildman–Crippen LogP) is 2.00. The molecule has 0 fully saturated rings. The molecule has 0 aromatic carbocycles. The molecule has 0 aliphatic heterocycles. The quantitative estimate of drug-likeness (QED) is 0.798. The van der Waals surface area contributed by atoms with Gasteiger partial charge in [0.25, 0.3) is 0 Å². The lowest BCUT2D eigenvalue weighted by Crippen LogP contribution is -1.96. The van der Waals surface area contributed by atoms with E-state index in [2.05, 4.69) is 9.97 Å². The van der Waals surface area contributed by atoms with Crippen molar-refractivity contribution in [3.05, 3.63) is 29.8 Å². The van der Waals surface area contributed by atoms with Gasteiger partial charge in [0.2, 0.25) is 0 Å². The molecular weight excluding hydrogens is 228 g/mol. The highest BCUT2D eigenvalue weighted by molar-refractivity contribution is 5.85. The van der Waals surface area contributed by atoms with Gasteiger partial charge in [-0.2, -0.15) is 0 Å². The highest BCUT2D eigenvalue weighted by Gasteiger charge is 2.03. The molecular formula is C8H10Cl2FN3. The summed E-state index contributed by atoms with van der Waals surface area (Å²) in [5.41, 5.74) is 6.78. The van der Waals surface area contributed by atoms with Gasteiger partial charge in [0.15, 0.2) is 0 Å². The fraction of sp³-hybridized carbons (Fsp3) is 0.125. The van der Waals surface area contributed by atoms with Gasteiger partial charge in [0.05, 0.1) is 5.39 Å². The number of rotatable bonds is 1. The average molecular weight is 238 g/mol. The second kappa shape index (κ2) is 5.14. The van der Waals surface area contributed by atoms with Crippen LogP contribution in [0.5, 0.6) is 0 Å². The van der Waals surface area contributed by atoms with E-state index in [1.54, 1.807) is 12.3 Å². The third kappa shape index (κ3) is 2.15. The van der Waals surface area contributed by atoms with Gasteiger partial charge in [-0.05, 0) is 11.6 Å². The Balaban J connectivity index is 0.000000845. The molecule has 0 unspecified atom stereocenters. The third-order valence-corrected chi connectivity index (χ3v) is 1.77. The maximum Gasteiger partial charge on any atom is 0.150 e. The van der Waals surface area contributed by atoms with Gasteiger partial charge in [0, 0.05) is 18.9 Å². The zero-order chi connectivity index (χ0) is 8.55. The summed E-state index contributed by atoms with van der Waals surface area (Å²) in [4.78, 5) is 6.71. The number of fused-ring (bicyclic) bond motifs is 1. The molecule has 3 nitrogen and oxygen atoms in total. The molecule has 0 spiro atoms. The van der Waals surface area contributed by atoms with Crippen LogP contribution in [0, 0.1) is 5.82 Å². The first kappa shape index (κ1) is 13.2. The Bertz CT molecular complexity index is 416. The maximum atomic E-state index is 13.0. The van der Waals surface area contributed by atoms with Crippen LogP contribution in [0.15, 0.2) is 18.5 Å². The van der Waals surface area contributed by atoms with Crippen molar-refractivity contribution in [1.82, 2.24) is 9.97 Å². The number of halogens is 3. The molecule has 2 rings (SSSR count). The van der Waals surface area contributed by atoms with Gasteiger partial charge in [0.1, 0.15) is 11.5 Å². The van der Waals surface area contributed by atoms with Crippen molar-refractivity contribution in [3.8, 4) is 0 Å². The monoisotopic (exact) mass is 237 g/mol. The minimum atomic E-state index is -0.284. The highest BCUT2D eigenvalue weighted by atomic mass is 35.5. The van der Waals surface area contributed by atoms with Crippen molar-refractivity contribution in [3.63, 3.8) is 0 Å². The largest absolute Gasteiger partial charge is 0.343 e. The molecule has 2 aromatic rings. The predicted molar refractivity (Wildman–Crippen MR) is 58.4 cm³/mol. The van der Waals surface area contributed by atoms with Gasteiger partial charge in [-0.15, -0.1) is 24.8 Å². The van der Waals surface area contributed by atoms with Crippen LogP contribution >= 0.6 is 24.8 Å². The second-order valence-electron chi connectivity index (χ2n) is 2.58. The first-order valence-corrected chi connectivity index (χ1v) is 3.63. The molecule has 0 amide bonds. The summed E-state index contributed by atoms with van der Waals surface area (Å²) in [7, 11) is 0. The molecule has 2 aromatic heterocycles. The van der Waals surface area contributed by atoms with Gasteiger partial charge < -0.3 is 10.7 Å². The molecule has 14 heavy (non-hydrogen) atoms. The van der Waals surface area contributed by atoms with E-state index in [-0.39, 0.29) is 30.6 Å². The van der Waals surface area contributed by atoms with E-state index in [1.165, 1.54) is 6.20 Å². The minimum absolute atomic E-state index is 0.